The summed E-state index contributed by atoms with van der Waals surface area (Å²) >= 11 is 0. The van der Waals surface area contributed by atoms with Crippen LogP contribution in [0.15, 0.2) is 24.4 Å². The third-order valence-electron chi connectivity index (χ3n) is 4.76. The lowest BCUT2D eigenvalue weighted by molar-refractivity contribution is -0.133. The van der Waals surface area contributed by atoms with Crippen molar-refractivity contribution in [1.82, 2.24) is 19.7 Å². The second-order valence-corrected chi connectivity index (χ2v) is 6.94. The molecule has 1 aliphatic rings. The molecule has 3 heterocycles. The Labute approximate surface area is 143 Å². The number of amides is 1. The molecule has 1 unspecified atom stereocenters. The number of likely N-dealkylation sites (tertiary alicyclic amines) is 1. The van der Waals surface area contributed by atoms with E-state index in [0.29, 0.717) is 12.5 Å². The molecule has 0 spiro atoms. The maximum atomic E-state index is 12.6. The van der Waals surface area contributed by atoms with E-state index >= 15 is 0 Å². The molecule has 0 bridgehead atoms. The molecular weight excluding hydrogens is 300 g/mol. The van der Waals surface area contributed by atoms with E-state index < -0.39 is 0 Å². The van der Waals surface area contributed by atoms with Crippen molar-refractivity contribution in [2.24, 2.45) is 5.92 Å². The van der Waals surface area contributed by atoms with Crippen molar-refractivity contribution < 1.29 is 4.79 Å². The highest BCUT2D eigenvalue weighted by molar-refractivity contribution is 5.76. The van der Waals surface area contributed by atoms with Gasteiger partial charge in [0.25, 0.3) is 0 Å². The van der Waals surface area contributed by atoms with E-state index in [2.05, 4.69) is 22.2 Å². The molecule has 5 nitrogen and oxygen atoms in total. The highest BCUT2D eigenvalue weighted by Crippen LogP contribution is 2.21. The minimum atomic E-state index is 0.174. The molecule has 24 heavy (non-hydrogen) atoms. The lowest BCUT2D eigenvalue weighted by Crippen LogP contribution is -2.42. The second-order valence-electron chi connectivity index (χ2n) is 6.94. The molecule has 1 amide bonds. The van der Waals surface area contributed by atoms with Gasteiger partial charge in [-0.25, -0.2) is 0 Å². The summed E-state index contributed by atoms with van der Waals surface area (Å²) in [5.41, 5.74) is 4.31. The molecule has 3 rings (SSSR count). The Morgan fingerprint density at radius 3 is 2.75 bits per heavy atom. The first kappa shape index (κ1) is 16.7. The van der Waals surface area contributed by atoms with Crippen LogP contribution in [-0.4, -0.2) is 38.7 Å². The van der Waals surface area contributed by atoms with Crippen molar-refractivity contribution in [3.05, 3.63) is 47.0 Å². The molecule has 1 aliphatic heterocycles. The van der Waals surface area contributed by atoms with Crippen LogP contribution in [0.25, 0.3) is 0 Å². The van der Waals surface area contributed by atoms with Crippen LogP contribution in [0.3, 0.4) is 0 Å². The highest BCUT2D eigenvalue weighted by atomic mass is 16.2. The minimum absolute atomic E-state index is 0.174. The summed E-state index contributed by atoms with van der Waals surface area (Å²) in [5.74, 6) is 0.695. The largest absolute Gasteiger partial charge is 0.341 e. The van der Waals surface area contributed by atoms with Crippen molar-refractivity contribution in [2.45, 2.75) is 46.6 Å². The predicted octanol–water partition coefficient (Wildman–Crippen LogP) is 2.68. The number of hydrogen-bond donors (Lipinski definition) is 0. The number of piperidine rings is 1. The van der Waals surface area contributed by atoms with Crippen LogP contribution in [0.2, 0.25) is 0 Å². The van der Waals surface area contributed by atoms with Gasteiger partial charge in [-0.05, 0) is 63.6 Å². The number of carbonyl (C=O) groups is 1. The average Bonchev–Trinajstić information content (AvgIpc) is 2.87. The quantitative estimate of drug-likeness (QED) is 0.868. The van der Waals surface area contributed by atoms with Crippen LogP contribution in [0.5, 0.6) is 0 Å². The Bertz CT molecular complexity index is 705. The Morgan fingerprint density at radius 2 is 2.08 bits per heavy atom. The van der Waals surface area contributed by atoms with E-state index in [-0.39, 0.29) is 5.91 Å². The van der Waals surface area contributed by atoms with Gasteiger partial charge in [0.15, 0.2) is 0 Å². The average molecular weight is 326 g/mol. The van der Waals surface area contributed by atoms with Gasteiger partial charge in [0.05, 0.1) is 5.69 Å². The Kier molecular flexibility index (Phi) is 4.97. The third-order valence-corrected chi connectivity index (χ3v) is 4.76. The summed E-state index contributed by atoms with van der Waals surface area (Å²) < 4.78 is 1.81. The Hall–Kier alpha value is -2.17. The fourth-order valence-corrected chi connectivity index (χ4v) is 3.47. The first-order valence-electron chi connectivity index (χ1n) is 8.71. The molecule has 1 saturated heterocycles. The number of aryl methyl sites for hydroxylation is 3. The zero-order valence-electron chi connectivity index (χ0n) is 14.8. The van der Waals surface area contributed by atoms with Crippen LogP contribution in [0, 0.1) is 26.7 Å². The SMILES string of the molecule is Cc1ccc(CC2CCCN(C(=O)Cn3nc(C)cc3C)C2)cn1. The van der Waals surface area contributed by atoms with Crippen LogP contribution >= 0.6 is 0 Å². The van der Waals surface area contributed by atoms with Crippen LogP contribution in [0.1, 0.15) is 35.5 Å². The maximum Gasteiger partial charge on any atom is 0.244 e. The zero-order valence-corrected chi connectivity index (χ0v) is 14.8. The van der Waals surface area contributed by atoms with Gasteiger partial charge in [0, 0.05) is 30.7 Å². The van der Waals surface area contributed by atoms with E-state index in [9.17, 15) is 4.79 Å². The van der Waals surface area contributed by atoms with Gasteiger partial charge in [-0.3, -0.25) is 14.5 Å². The first-order valence-corrected chi connectivity index (χ1v) is 8.71. The summed E-state index contributed by atoms with van der Waals surface area (Å²) in [6.45, 7) is 8.01. The summed E-state index contributed by atoms with van der Waals surface area (Å²) in [4.78, 5) is 19.0. The summed E-state index contributed by atoms with van der Waals surface area (Å²) in [5, 5.41) is 4.40. The van der Waals surface area contributed by atoms with Crippen LogP contribution in [-0.2, 0) is 17.8 Å². The topological polar surface area (TPSA) is 51.0 Å². The molecule has 1 fully saturated rings. The van der Waals surface area contributed by atoms with E-state index in [4.69, 9.17) is 0 Å². The predicted molar refractivity (Wildman–Crippen MR) is 93.7 cm³/mol. The molecule has 0 aliphatic carbocycles. The summed E-state index contributed by atoms with van der Waals surface area (Å²) in [6.07, 6.45) is 5.22. The minimum Gasteiger partial charge on any atom is -0.341 e. The van der Waals surface area contributed by atoms with Crippen molar-refractivity contribution >= 4 is 5.91 Å². The number of pyridine rings is 1. The lowest BCUT2D eigenvalue weighted by atomic mass is 9.92. The summed E-state index contributed by atoms with van der Waals surface area (Å²) in [7, 11) is 0. The van der Waals surface area contributed by atoms with Gasteiger partial charge < -0.3 is 4.90 Å². The normalized spacial score (nSPS) is 18.0. The molecule has 0 aromatic carbocycles. The van der Waals surface area contributed by atoms with E-state index in [0.717, 1.165) is 43.0 Å². The van der Waals surface area contributed by atoms with Crippen LogP contribution < -0.4 is 0 Å². The molecule has 0 saturated carbocycles. The van der Waals surface area contributed by atoms with Gasteiger partial charge in [-0.15, -0.1) is 0 Å². The van der Waals surface area contributed by atoms with Crippen LogP contribution in [0.4, 0.5) is 0 Å². The number of aromatic nitrogens is 3. The standard InChI is InChI=1S/C19H26N4O/c1-14-6-7-17(11-20-14)10-18-5-4-8-22(12-18)19(24)13-23-16(3)9-15(2)21-23/h6-7,9,11,18H,4-5,8,10,12-13H2,1-3H3. The van der Waals surface area contributed by atoms with Crippen molar-refractivity contribution in [2.75, 3.05) is 13.1 Å². The molecule has 128 valence electrons. The number of nitrogens with zero attached hydrogens (tertiary/aromatic N) is 4. The van der Waals surface area contributed by atoms with E-state index in [1.807, 2.05) is 42.6 Å². The molecule has 0 radical (unpaired) electrons. The number of hydrogen-bond acceptors (Lipinski definition) is 3. The first-order chi connectivity index (χ1) is 11.5. The smallest absolute Gasteiger partial charge is 0.244 e. The summed E-state index contributed by atoms with van der Waals surface area (Å²) in [6, 6.07) is 6.22. The lowest BCUT2D eigenvalue weighted by Gasteiger charge is -2.33. The van der Waals surface area contributed by atoms with Gasteiger partial charge >= 0.3 is 0 Å². The van der Waals surface area contributed by atoms with E-state index in [1.165, 1.54) is 12.0 Å². The molecule has 1 atom stereocenters. The molecule has 0 N–H and O–H groups in total. The van der Waals surface area contributed by atoms with Gasteiger partial charge in [-0.1, -0.05) is 6.07 Å². The maximum absolute atomic E-state index is 12.6. The van der Waals surface area contributed by atoms with Crippen molar-refractivity contribution in [1.29, 1.82) is 0 Å². The van der Waals surface area contributed by atoms with Gasteiger partial charge in [0.1, 0.15) is 6.54 Å². The molecule has 5 heteroatoms. The fourth-order valence-electron chi connectivity index (χ4n) is 3.47. The van der Waals surface area contributed by atoms with Gasteiger partial charge in [-0.2, -0.15) is 5.10 Å². The molecular formula is C19H26N4O. The zero-order chi connectivity index (χ0) is 17.1. The van der Waals surface area contributed by atoms with Gasteiger partial charge in [0.2, 0.25) is 5.91 Å². The highest BCUT2D eigenvalue weighted by Gasteiger charge is 2.24. The third kappa shape index (κ3) is 4.02. The Balaban J connectivity index is 1.59. The second kappa shape index (κ2) is 7.16. The monoisotopic (exact) mass is 326 g/mol. The fraction of sp³-hybridized carbons (Fsp3) is 0.526. The Morgan fingerprint density at radius 1 is 1.25 bits per heavy atom. The van der Waals surface area contributed by atoms with Crippen molar-refractivity contribution in [3.8, 4) is 0 Å². The van der Waals surface area contributed by atoms with E-state index in [1.54, 1.807) is 0 Å². The molecule has 2 aromatic rings. The van der Waals surface area contributed by atoms with Crippen molar-refractivity contribution in [3.63, 3.8) is 0 Å². The number of carbonyl (C=O) groups excluding carboxylic acids is 1. The number of rotatable bonds is 4. The molecule has 2 aromatic heterocycles.